The van der Waals surface area contributed by atoms with Crippen molar-refractivity contribution in [1.29, 1.82) is 0 Å². The van der Waals surface area contributed by atoms with Crippen molar-refractivity contribution in [3.63, 3.8) is 0 Å². The zero-order valence-corrected chi connectivity index (χ0v) is 11.9. The summed E-state index contributed by atoms with van der Waals surface area (Å²) in [5.74, 6) is -0.160. The molecule has 0 atom stereocenters. The Labute approximate surface area is 122 Å². The predicted octanol–water partition coefficient (Wildman–Crippen LogP) is 2.42. The largest absolute Gasteiger partial charge is 0.300 e. The van der Waals surface area contributed by atoms with Gasteiger partial charge in [0.1, 0.15) is 17.4 Å². The molecule has 110 valence electrons. The highest BCUT2D eigenvalue weighted by atomic mass is 19.1. The molecule has 0 amide bonds. The second kappa shape index (κ2) is 6.92. The van der Waals surface area contributed by atoms with Gasteiger partial charge in [0.15, 0.2) is 0 Å². The van der Waals surface area contributed by atoms with Crippen LogP contribution in [-0.2, 0) is 28.9 Å². The van der Waals surface area contributed by atoms with E-state index in [2.05, 4.69) is 10.2 Å². The molecule has 0 aliphatic heterocycles. The molecule has 0 saturated carbocycles. The number of ketones is 2. The van der Waals surface area contributed by atoms with Crippen LogP contribution in [-0.4, -0.2) is 21.8 Å². The molecule has 5 heteroatoms. The lowest BCUT2D eigenvalue weighted by Crippen LogP contribution is -2.04. The number of rotatable bonds is 7. The second-order valence-corrected chi connectivity index (χ2v) is 5.11. The van der Waals surface area contributed by atoms with Crippen LogP contribution in [0.25, 0.3) is 0 Å². The number of H-pyrrole nitrogens is 1. The van der Waals surface area contributed by atoms with Gasteiger partial charge < -0.3 is 0 Å². The third-order valence-electron chi connectivity index (χ3n) is 3.11. The third-order valence-corrected chi connectivity index (χ3v) is 3.11. The number of hydrogen-bond donors (Lipinski definition) is 1. The topological polar surface area (TPSA) is 62.8 Å². The zero-order chi connectivity index (χ0) is 15.2. The van der Waals surface area contributed by atoms with E-state index in [0.29, 0.717) is 25.0 Å². The fourth-order valence-corrected chi connectivity index (χ4v) is 2.08. The maximum Gasteiger partial charge on any atom is 0.139 e. The lowest BCUT2D eigenvalue weighted by Gasteiger charge is -2.00. The Morgan fingerprint density at radius 1 is 1.19 bits per heavy atom. The number of halogens is 1. The normalized spacial score (nSPS) is 10.6. The van der Waals surface area contributed by atoms with Crippen molar-refractivity contribution < 1.29 is 14.0 Å². The number of benzene rings is 1. The molecule has 1 aromatic carbocycles. The summed E-state index contributed by atoms with van der Waals surface area (Å²) in [5.41, 5.74) is 2.31. The van der Waals surface area contributed by atoms with Crippen LogP contribution in [0.2, 0.25) is 0 Å². The van der Waals surface area contributed by atoms with Gasteiger partial charge in [-0.15, -0.1) is 0 Å². The Balaban J connectivity index is 1.82. The molecule has 2 aromatic rings. The number of nitrogens with zero attached hydrogens (tertiary/aromatic N) is 1. The summed E-state index contributed by atoms with van der Waals surface area (Å²) in [5, 5.41) is 6.79. The summed E-state index contributed by atoms with van der Waals surface area (Å²) in [6, 6.07) is 7.89. The van der Waals surface area contributed by atoms with Crippen LogP contribution in [0.3, 0.4) is 0 Å². The van der Waals surface area contributed by atoms with E-state index in [1.807, 2.05) is 0 Å². The molecule has 1 heterocycles. The molecule has 0 saturated heterocycles. The summed E-state index contributed by atoms with van der Waals surface area (Å²) < 4.78 is 12.8. The van der Waals surface area contributed by atoms with Crippen molar-refractivity contribution in [3.05, 3.63) is 53.1 Å². The third kappa shape index (κ3) is 4.95. The highest BCUT2D eigenvalue weighted by Crippen LogP contribution is 2.08. The minimum absolute atomic E-state index is 0.0489. The van der Waals surface area contributed by atoms with E-state index in [-0.39, 0.29) is 23.8 Å². The summed E-state index contributed by atoms with van der Waals surface area (Å²) in [6.07, 6.45) is 1.52. The van der Waals surface area contributed by atoms with Crippen LogP contribution in [0.15, 0.2) is 30.3 Å². The Kier molecular flexibility index (Phi) is 4.98. The molecule has 4 nitrogen and oxygen atoms in total. The number of carbonyl (C=O) groups is 2. The maximum absolute atomic E-state index is 12.8. The summed E-state index contributed by atoms with van der Waals surface area (Å²) in [7, 11) is 0. The number of aromatic nitrogens is 2. The van der Waals surface area contributed by atoms with E-state index in [0.717, 1.165) is 11.3 Å². The van der Waals surface area contributed by atoms with Crippen LogP contribution >= 0.6 is 0 Å². The molecule has 2 rings (SSSR count). The lowest BCUT2D eigenvalue weighted by molar-refractivity contribution is -0.118. The zero-order valence-electron chi connectivity index (χ0n) is 11.9. The lowest BCUT2D eigenvalue weighted by atomic mass is 10.0. The summed E-state index contributed by atoms with van der Waals surface area (Å²) in [6.45, 7) is 1.51. The molecule has 0 bridgehead atoms. The average molecular weight is 288 g/mol. The number of hydrogen-bond acceptors (Lipinski definition) is 3. The molecule has 0 radical (unpaired) electrons. The van der Waals surface area contributed by atoms with Gasteiger partial charge in [-0.05, 0) is 37.1 Å². The standard InChI is InChI=1S/C16H17FN2O2/c1-11(20)8-14-9-15(19-18-14)10-16(21)7-4-12-2-5-13(17)6-3-12/h2-3,5-6,9H,4,7-8,10H2,1H3,(H,18,19). The minimum Gasteiger partial charge on any atom is -0.300 e. The van der Waals surface area contributed by atoms with Gasteiger partial charge in [-0.2, -0.15) is 5.10 Å². The average Bonchev–Trinajstić information content (AvgIpc) is 2.84. The van der Waals surface area contributed by atoms with Gasteiger partial charge in [-0.25, -0.2) is 4.39 Å². The van der Waals surface area contributed by atoms with Crippen LogP contribution in [0.4, 0.5) is 4.39 Å². The molecular weight excluding hydrogens is 271 g/mol. The van der Waals surface area contributed by atoms with Gasteiger partial charge in [-0.1, -0.05) is 12.1 Å². The Morgan fingerprint density at radius 3 is 2.57 bits per heavy atom. The molecule has 1 aromatic heterocycles. The van der Waals surface area contributed by atoms with E-state index in [1.54, 1.807) is 18.2 Å². The van der Waals surface area contributed by atoms with Gasteiger partial charge in [-0.3, -0.25) is 14.7 Å². The molecular formula is C16H17FN2O2. The van der Waals surface area contributed by atoms with Gasteiger partial charge in [0.2, 0.25) is 0 Å². The highest BCUT2D eigenvalue weighted by molar-refractivity contribution is 5.81. The van der Waals surface area contributed by atoms with Gasteiger partial charge in [0, 0.05) is 18.5 Å². The van der Waals surface area contributed by atoms with Crippen molar-refractivity contribution >= 4 is 11.6 Å². The van der Waals surface area contributed by atoms with E-state index in [4.69, 9.17) is 0 Å². The molecule has 0 spiro atoms. The maximum atomic E-state index is 12.8. The minimum atomic E-state index is -0.278. The molecule has 21 heavy (non-hydrogen) atoms. The van der Waals surface area contributed by atoms with Gasteiger partial charge in [0.05, 0.1) is 12.1 Å². The number of nitrogens with one attached hydrogen (secondary N) is 1. The molecule has 0 unspecified atom stereocenters. The first-order valence-corrected chi connectivity index (χ1v) is 6.81. The summed E-state index contributed by atoms with van der Waals surface area (Å²) >= 11 is 0. The van der Waals surface area contributed by atoms with Crippen LogP contribution < -0.4 is 0 Å². The van der Waals surface area contributed by atoms with Gasteiger partial charge >= 0.3 is 0 Å². The molecule has 0 aliphatic rings. The van der Waals surface area contributed by atoms with Crippen molar-refractivity contribution in [2.45, 2.75) is 32.6 Å². The second-order valence-electron chi connectivity index (χ2n) is 5.11. The van der Waals surface area contributed by atoms with E-state index < -0.39 is 0 Å². The Hall–Kier alpha value is -2.30. The van der Waals surface area contributed by atoms with E-state index in [1.165, 1.54) is 19.1 Å². The van der Waals surface area contributed by atoms with E-state index >= 15 is 0 Å². The van der Waals surface area contributed by atoms with Crippen LogP contribution in [0, 0.1) is 5.82 Å². The van der Waals surface area contributed by atoms with Gasteiger partial charge in [0.25, 0.3) is 0 Å². The molecule has 0 fully saturated rings. The SMILES string of the molecule is CC(=O)Cc1cc(CC(=O)CCc2ccc(F)cc2)n[nH]1. The Bertz CT molecular complexity index is 632. The number of carbonyl (C=O) groups excluding carboxylic acids is 2. The summed E-state index contributed by atoms with van der Waals surface area (Å²) in [4.78, 5) is 22.9. The van der Waals surface area contributed by atoms with Crippen LogP contribution in [0.1, 0.15) is 30.3 Å². The fourth-order valence-electron chi connectivity index (χ4n) is 2.08. The first-order chi connectivity index (χ1) is 10.0. The van der Waals surface area contributed by atoms with Crippen molar-refractivity contribution in [2.75, 3.05) is 0 Å². The quantitative estimate of drug-likeness (QED) is 0.851. The Morgan fingerprint density at radius 2 is 1.90 bits per heavy atom. The van der Waals surface area contributed by atoms with Crippen molar-refractivity contribution in [1.82, 2.24) is 10.2 Å². The first kappa shape index (κ1) is 15.1. The molecule has 1 N–H and O–H groups in total. The first-order valence-electron chi connectivity index (χ1n) is 6.81. The number of aromatic amines is 1. The highest BCUT2D eigenvalue weighted by Gasteiger charge is 2.09. The van der Waals surface area contributed by atoms with E-state index in [9.17, 15) is 14.0 Å². The fraction of sp³-hybridized carbons (Fsp3) is 0.312. The monoisotopic (exact) mass is 288 g/mol. The van der Waals surface area contributed by atoms with Crippen LogP contribution in [0.5, 0.6) is 0 Å². The predicted molar refractivity (Wildman–Crippen MR) is 76.4 cm³/mol. The number of aryl methyl sites for hydroxylation is 1. The smallest absolute Gasteiger partial charge is 0.139 e. The number of Topliss-reactive ketones (excluding diaryl/α,β-unsaturated/α-hetero) is 2. The molecule has 0 aliphatic carbocycles. The van der Waals surface area contributed by atoms with Crippen molar-refractivity contribution in [3.8, 4) is 0 Å². The van der Waals surface area contributed by atoms with Crippen molar-refractivity contribution in [2.24, 2.45) is 0 Å².